The van der Waals surface area contributed by atoms with E-state index in [0.717, 1.165) is 57.8 Å². The third-order valence-corrected chi connectivity index (χ3v) is 10.3. The lowest BCUT2D eigenvalue weighted by Gasteiger charge is -2.31. The van der Waals surface area contributed by atoms with Gasteiger partial charge in [-0.25, -0.2) is 4.79 Å². The topological polar surface area (TPSA) is 99.1 Å². The number of hydrogen-bond donors (Lipinski definition) is 1. The van der Waals surface area contributed by atoms with Crippen LogP contribution in [0.25, 0.3) is 0 Å². The van der Waals surface area contributed by atoms with Gasteiger partial charge in [-0.2, -0.15) is 0 Å². The highest BCUT2D eigenvalue weighted by atomic mass is 16.6. The molecule has 0 aromatic heterocycles. The van der Waals surface area contributed by atoms with Crippen LogP contribution in [0.2, 0.25) is 0 Å². The largest absolute Gasteiger partial charge is 0.477 e. The van der Waals surface area contributed by atoms with Crippen LogP contribution in [-0.4, -0.2) is 80.6 Å². The maximum absolute atomic E-state index is 12.7. The van der Waals surface area contributed by atoms with E-state index in [-0.39, 0.29) is 36.2 Å². The van der Waals surface area contributed by atoms with Crippen LogP contribution < -0.4 is 0 Å². The number of carboxylic acids is 1. The zero-order valence-corrected chi connectivity index (χ0v) is 37.1. The molecule has 0 spiro atoms. The molecule has 2 atom stereocenters. The van der Waals surface area contributed by atoms with E-state index in [1.54, 1.807) is 0 Å². The van der Waals surface area contributed by atoms with E-state index in [0.29, 0.717) is 19.3 Å². The first-order valence-electron chi connectivity index (χ1n) is 23.0. The molecule has 0 aliphatic carbocycles. The quantitative estimate of drug-likeness (QED) is 0.0285. The molecule has 0 aliphatic heterocycles. The van der Waals surface area contributed by atoms with Crippen LogP contribution in [0.1, 0.15) is 200 Å². The van der Waals surface area contributed by atoms with Gasteiger partial charge in [0, 0.05) is 19.3 Å². The van der Waals surface area contributed by atoms with Crippen LogP contribution in [0.3, 0.4) is 0 Å². The van der Waals surface area contributed by atoms with Gasteiger partial charge in [0.05, 0.1) is 34.4 Å². The van der Waals surface area contributed by atoms with Crippen LogP contribution in [0.5, 0.6) is 0 Å². The molecule has 0 aromatic rings. The fourth-order valence-corrected chi connectivity index (χ4v) is 6.75. The number of unbranched alkanes of at least 4 members (excludes halogenated alkanes) is 21. The number of quaternary nitrogens is 1. The van der Waals surface area contributed by atoms with Gasteiger partial charge in [-0.15, -0.1) is 0 Å². The summed E-state index contributed by atoms with van der Waals surface area (Å²) in [6.07, 6.45) is 44.9. The van der Waals surface area contributed by atoms with Gasteiger partial charge in [-0.05, 0) is 44.9 Å². The van der Waals surface area contributed by atoms with Crippen molar-refractivity contribution >= 4 is 17.9 Å². The summed E-state index contributed by atoms with van der Waals surface area (Å²) in [7, 11) is 5.52. The molecular weight excluding hydrogens is 703 g/mol. The first-order chi connectivity index (χ1) is 27.1. The highest BCUT2D eigenvalue weighted by molar-refractivity contribution is 5.72. The number of carboxylic acid groups (broad SMARTS) is 1. The fraction of sp³-hybridized carbons (Fsp3) is 0.812. The molecule has 2 unspecified atom stereocenters. The summed E-state index contributed by atoms with van der Waals surface area (Å²) in [5, 5.41) is 9.62. The van der Waals surface area contributed by atoms with Gasteiger partial charge >= 0.3 is 17.9 Å². The smallest absolute Gasteiger partial charge is 0.362 e. The number of hydrogen-bond acceptors (Lipinski definition) is 6. The fourth-order valence-electron chi connectivity index (χ4n) is 6.75. The molecule has 0 saturated heterocycles. The molecule has 8 nitrogen and oxygen atoms in total. The minimum atomic E-state index is -0.879. The van der Waals surface area contributed by atoms with Crippen LogP contribution >= 0.6 is 0 Å². The minimum absolute atomic E-state index is 0.0515. The average molecular weight is 791 g/mol. The Morgan fingerprint density at radius 1 is 0.554 bits per heavy atom. The molecule has 0 bridgehead atoms. The van der Waals surface area contributed by atoms with Crippen molar-refractivity contribution in [3.05, 3.63) is 36.5 Å². The van der Waals surface area contributed by atoms with E-state index >= 15 is 0 Å². The second-order valence-corrected chi connectivity index (χ2v) is 16.6. The predicted octanol–water partition coefficient (Wildman–Crippen LogP) is 12.6. The second kappa shape index (κ2) is 39.4. The van der Waals surface area contributed by atoms with Gasteiger partial charge in [0.1, 0.15) is 6.61 Å². The standard InChI is InChI=1S/C48H87NO7/c1-6-8-10-12-14-16-18-20-21-22-23-24-25-26-27-29-31-33-35-37-39-47(51)56-44(42-54-41-40-45(48(52)53)49(3,4)5)43-55-46(50)38-36-34-32-30-28-19-17-15-13-11-9-7-2/h9,11,15,17,28,30,44-45H,6-8,10,12-14,16,18-27,29,31-43H2,1-5H3/p+1/b11-9+,17-15+,30-28+. The molecular formula is C48H88NO7+. The summed E-state index contributed by atoms with van der Waals surface area (Å²) >= 11 is 0. The maximum atomic E-state index is 12.7. The van der Waals surface area contributed by atoms with Crippen LogP contribution in [0.15, 0.2) is 36.5 Å². The molecule has 0 heterocycles. The lowest BCUT2D eigenvalue weighted by Crippen LogP contribution is -2.50. The Morgan fingerprint density at radius 2 is 1.00 bits per heavy atom. The maximum Gasteiger partial charge on any atom is 0.362 e. The highest BCUT2D eigenvalue weighted by Gasteiger charge is 2.31. The van der Waals surface area contributed by atoms with Gasteiger partial charge < -0.3 is 23.8 Å². The summed E-state index contributed by atoms with van der Waals surface area (Å²) in [5.41, 5.74) is 0. The van der Waals surface area contributed by atoms with Crippen molar-refractivity contribution in [2.24, 2.45) is 0 Å². The van der Waals surface area contributed by atoms with E-state index in [4.69, 9.17) is 14.2 Å². The molecule has 56 heavy (non-hydrogen) atoms. The first-order valence-corrected chi connectivity index (χ1v) is 23.0. The van der Waals surface area contributed by atoms with E-state index in [9.17, 15) is 19.5 Å². The number of carbonyl (C=O) groups excluding carboxylic acids is 2. The van der Waals surface area contributed by atoms with Gasteiger partial charge in [0.15, 0.2) is 12.1 Å². The second-order valence-electron chi connectivity index (χ2n) is 16.6. The third kappa shape index (κ3) is 37.1. The predicted molar refractivity (Wildman–Crippen MR) is 234 cm³/mol. The SMILES string of the molecule is CC/C=C/C/C=C/C/C=C/CCCCC(=O)OCC(COCCC(C(=O)O)[N+](C)(C)C)OC(=O)CCCCCCCCCCCCCCCCCCCCCC. The van der Waals surface area contributed by atoms with Gasteiger partial charge in [0.2, 0.25) is 0 Å². The van der Waals surface area contributed by atoms with E-state index in [2.05, 4.69) is 50.3 Å². The van der Waals surface area contributed by atoms with Crippen molar-refractivity contribution in [2.45, 2.75) is 212 Å². The van der Waals surface area contributed by atoms with E-state index < -0.39 is 18.1 Å². The lowest BCUT2D eigenvalue weighted by molar-refractivity contribution is -0.887. The number of allylic oxidation sites excluding steroid dienone is 6. The van der Waals surface area contributed by atoms with Crippen molar-refractivity contribution in [3.8, 4) is 0 Å². The molecule has 0 saturated carbocycles. The molecule has 8 heteroatoms. The van der Waals surface area contributed by atoms with Crippen LogP contribution in [-0.2, 0) is 28.6 Å². The Bertz CT molecular complexity index is 1020. The first kappa shape index (κ1) is 53.6. The number of rotatable bonds is 41. The number of nitrogens with zero attached hydrogens (tertiary/aromatic N) is 1. The van der Waals surface area contributed by atoms with Crippen molar-refractivity contribution in [3.63, 3.8) is 0 Å². The number of aliphatic carboxylic acids is 1. The molecule has 326 valence electrons. The Balaban J connectivity index is 4.28. The van der Waals surface area contributed by atoms with Crippen molar-refractivity contribution in [1.29, 1.82) is 0 Å². The van der Waals surface area contributed by atoms with E-state index in [1.165, 1.54) is 109 Å². The molecule has 1 N–H and O–H groups in total. The molecule has 0 aliphatic rings. The summed E-state index contributed by atoms with van der Waals surface area (Å²) < 4.78 is 17.2. The number of likely N-dealkylation sites (N-methyl/N-ethyl adjacent to an activating group) is 1. The summed E-state index contributed by atoms with van der Waals surface area (Å²) in [6.45, 7) is 4.60. The molecule has 0 aromatic carbocycles. The van der Waals surface area contributed by atoms with Gasteiger partial charge in [0.25, 0.3) is 0 Å². The van der Waals surface area contributed by atoms with Crippen molar-refractivity contribution in [2.75, 3.05) is 41.0 Å². The normalized spacial score (nSPS) is 13.2. The highest BCUT2D eigenvalue weighted by Crippen LogP contribution is 2.16. The molecule has 0 amide bonds. The summed E-state index contributed by atoms with van der Waals surface area (Å²) in [5.74, 6) is -1.51. The number of esters is 2. The Morgan fingerprint density at radius 3 is 1.48 bits per heavy atom. The summed E-state index contributed by atoms with van der Waals surface area (Å²) in [6, 6.07) is -0.618. The van der Waals surface area contributed by atoms with Crippen LogP contribution in [0.4, 0.5) is 0 Å². The molecule has 0 rings (SSSR count). The summed E-state index contributed by atoms with van der Waals surface area (Å²) in [4.78, 5) is 37.0. The minimum Gasteiger partial charge on any atom is -0.477 e. The van der Waals surface area contributed by atoms with Crippen molar-refractivity contribution < 1.29 is 38.2 Å². The Kier molecular flexibility index (Phi) is 37.7. The average Bonchev–Trinajstić information content (AvgIpc) is 3.15. The van der Waals surface area contributed by atoms with Gasteiger partial charge in [-0.3, -0.25) is 9.59 Å². The monoisotopic (exact) mass is 791 g/mol. The van der Waals surface area contributed by atoms with Crippen molar-refractivity contribution in [1.82, 2.24) is 0 Å². The molecule has 0 radical (unpaired) electrons. The van der Waals surface area contributed by atoms with E-state index in [1.807, 2.05) is 21.1 Å². The Labute approximate surface area is 344 Å². The van der Waals surface area contributed by atoms with Crippen LogP contribution in [0, 0.1) is 0 Å². The number of ether oxygens (including phenoxy) is 3. The zero-order valence-electron chi connectivity index (χ0n) is 37.1. The third-order valence-electron chi connectivity index (χ3n) is 10.3. The molecule has 0 fully saturated rings. The number of carbonyl (C=O) groups is 3. The van der Waals surface area contributed by atoms with Gasteiger partial charge in [-0.1, -0.05) is 172 Å². The zero-order chi connectivity index (χ0) is 41.4. The Hall–Kier alpha value is -2.45. The lowest BCUT2D eigenvalue weighted by atomic mass is 10.0.